The summed E-state index contributed by atoms with van der Waals surface area (Å²) in [5.41, 5.74) is 5.64. The maximum Gasteiger partial charge on any atom is 0.220 e. The van der Waals surface area contributed by atoms with Gasteiger partial charge in [-0.05, 0) is 31.2 Å². The van der Waals surface area contributed by atoms with Crippen molar-refractivity contribution >= 4 is 5.91 Å². The number of nitrogens with one attached hydrogen (secondary N) is 1. The van der Waals surface area contributed by atoms with Gasteiger partial charge in [0.05, 0.1) is 0 Å². The zero-order chi connectivity index (χ0) is 12.4. The SMILES string of the molecule is C#CCCCNC(=O)C[C@@H](CN)CC(C)C. The lowest BCUT2D eigenvalue weighted by Gasteiger charge is -2.16. The summed E-state index contributed by atoms with van der Waals surface area (Å²) < 4.78 is 0. The second-order valence-corrected chi connectivity index (χ2v) is 4.59. The molecule has 0 saturated carbocycles. The largest absolute Gasteiger partial charge is 0.356 e. The van der Waals surface area contributed by atoms with Gasteiger partial charge in [-0.3, -0.25) is 4.79 Å². The lowest BCUT2D eigenvalue weighted by Crippen LogP contribution is -2.29. The van der Waals surface area contributed by atoms with Gasteiger partial charge in [-0.1, -0.05) is 13.8 Å². The van der Waals surface area contributed by atoms with Gasteiger partial charge in [0.1, 0.15) is 0 Å². The number of unbranched alkanes of at least 4 members (excludes halogenated alkanes) is 1. The third-order valence-corrected chi connectivity index (χ3v) is 2.43. The van der Waals surface area contributed by atoms with Crippen molar-refractivity contribution in [3.05, 3.63) is 0 Å². The van der Waals surface area contributed by atoms with Crippen LogP contribution in [-0.4, -0.2) is 19.0 Å². The zero-order valence-corrected chi connectivity index (χ0v) is 10.5. The van der Waals surface area contributed by atoms with Crippen molar-refractivity contribution in [2.75, 3.05) is 13.1 Å². The third-order valence-electron chi connectivity index (χ3n) is 2.43. The summed E-state index contributed by atoms with van der Waals surface area (Å²) in [6, 6.07) is 0. The fourth-order valence-corrected chi connectivity index (χ4v) is 1.68. The molecule has 0 bridgehead atoms. The number of carbonyl (C=O) groups excluding carboxylic acids is 1. The summed E-state index contributed by atoms with van der Waals surface area (Å²) in [5.74, 6) is 3.52. The van der Waals surface area contributed by atoms with Crippen LogP contribution in [0, 0.1) is 24.2 Å². The van der Waals surface area contributed by atoms with Gasteiger partial charge >= 0.3 is 0 Å². The van der Waals surface area contributed by atoms with Gasteiger partial charge in [0.25, 0.3) is 0 Å². The number of amides is 1. The highest BCUT2D eigenvalue weighted by Crippen LogP contribution is 2.13. The van der Waals surface area contributed by atoms with Crippen LogP contribution < -0.4 is 11.1 Å². The van der Waals surface area contributed by atoms with Crippen LogP contribution in [0.1, 0.15) is 39.5 Å². The molecule has 0 aromatic rings. The molecular weight excluding hydrogens is 200 g/mol. The third kappa shape index (κ3) is 8.31. The molecule has 3 N–H and O–H groups in total. The van der Waals surface area contributed by atoms with E-state index in [1.807, 2.05) is 0 Å². The van der Waals surface area contributed by atoms with Crippen LogP contribution in [0.2, 0.25) is 0 Å². The van der Waals surface area contributed by atoms with Gasteiger partial charge in [-0.2, -0.15) is 0 Å². The van der Waals surface area contributed by atoms with E-state index in [9.17, 15) is 4.79 Å². The van der Waals surface area contributed by atoms with Crippen molar-refractivity contribution in [1.82, 2.24) is 5.32 Å². The number of carbonyl (C=O) groups is 1. The summed E-state index contributed by atoms with van der Waals surface area (Å²) in [4.78, 5) is 11.5. The Morgan fingerprint density at radius 2 is 2.19 bits per heavy atom. The second-order valence-electron chi connectivity index (χ2n) is 4.59. The van der Waals surface area contributed by atoms with E-state index >= 15 is 0 Å². The average Bonchev–Trinajstić information content (AvgIpc) is 2.23. The second kappa shape index (κ2) is 9.23. The lowest BCUT2D eigenvalue weighted by molar-refractivity contribution is -0.122. The molecule has 0 aromatic heterocycles. The van der Waals surface area contributed by atoms with Crippen molar-refractivity contribution in [3.63, 3.8) is 0 Å². The molecule has 0 fully saturated rings. The minimum Gasteiger partial charge on any atom is -0.356 e. The number of hydrogen-bond donors (Lipinski definition) is 2. The number of rotatable bonds is 8. The summed E-state index contributed by atoms with van der Waals surface area (Å²) >= 11 is 0. The molecule has 1 amide bonds. The highest BCUT2D eigenvalue weighted by Gasteiger charge is 2.13. The minimum absolute atomic E-state index is 0.0909. The van der Waals surface area contributed by atoms with Gasteiger partial charge in [0.2, 0.25) is 5.91 Å². The zero-order valence-electron chi connectivity index (χ0n) is 10.5. The van der Waals surface area contributed by atoms with Crippen molar-refractivity contribution in [3.8, 4) is 12.3 Å². The first-order valence-electron chi connectivity index (χ1n) is 6.00. The first kappa shape index (κ1) is 15.0. The maximum atomic E-state index is 11.5. The van der Waals surface area contributed by atoms with Crippen LogP contribution in [0.15, 0.2) is 0 Å². The van der Waals surface area contributed by atoms with Crippen molar-refractivity contribution in [2.45, 2.75) is 39.5 Å². The predicted octanol–water partition coefficient (Wildman–Crippen LogP) is 1.53. The highest BCUT2D eigenvalue weighted by molar-refractivity contribution is 5.76. The molecule has 3 nitrogen and oxygen atoms in total. The normalized spacial score (nSPS) is 12.2. The molecule has 0 aliphatic carbocycles. The molecule has 0 spiro atoms. The number of hydrogen-bond acceptors (Lipinski definition) is 2. The Morgan fingerprint density at radius 1 is 1.50 bits per heavy atom. The van der Waals surface area contributed by atoms with Crippen LogP contribution in [0.5, 0.6) is 0 Å². The average molecular weight is 224 g/mol. The fourth-order valence-electron chi connectivity index (χ4n) is 1.68. The molecule has 0 aromatic carbocycles. The van der Waals surface area contributed by atoms with E-state index in [0.717, 1.165) is 12.8 Å². The van der Waals surface area contributed by atoms with E-state index < -0.39 is 0 Å². The molecule has 0 rings (SSSR count). The van der Waals surface area contributed by atoms with Crippen LogP contribution in [0.4, 0.5) is 0 Å². The Morgan fingerprint density at radius 3 is 2.69 bits per heavy atom. The molecule has 0 aliphatic heterocycles. The van der Waals surface area contributed by atoms with Crippen molar-refractivity contribution in [1.29, 1.82) is 0 Å². The van der Waals surface area contributed by atoms with E-state index in [1.165, 1.54) is 0 Å². The van der Waals surface area contributed by atoms with Crippen LogP contribution in [0.3, 0.4) is 0 Å². The van der Waals surface area contributed by atoms with Crippen LogP contribution >= 0.6 is 0 Å². The number of terminal acetylenes is 1. The van der Waals surface area contributed by atoms with Gasteiger partial charge in [0.15, 0.2) is 0 Å². The van der Waals surface area contributed by atoms with Gasteiger partial charge < -0.3 is 11.1 Å². The van der Waals surface area contributed by atoms with Crippen molar-refractivity contribution in [2.24, 2.45) is 17.6 Å². The highest BCUT2D eigenvalue weighted by atomic mass is 16.1. The van der Waals surface area contributed by atoms with Gasteiger partial charge in [-0.25, -0.2) is 0 Å². The molecular formula is C13H24N2O. The smallest absolute Gasteiger partial charge is 0.220 e. The molecule has 92 valence electrons. The van der Waals surface area contributed by atoms with E-state index in [2.05, 4.69) is 25.1 Å². The first-order valence-corrected chi connectivity index (χ1v) is 6.00. The molecule has 0 aliphatic rings. The van der Waals surface area contributed by atoms with E-state index in [0.29, 0.717) is 37.8 Å². The monoisotopic (exact) mass is 224 g/mol. The molecule has 0 unspecified atom stereocenters. The molecule has 16 heavy (non-hydrogen) atoms. The number of nitrogens with two attached hydrogens (primary N) is 1. The Kier molecular flexibility index (Phi) is 8.65. The molecule has 0 radical (unpaired) electrons. The standard InChI is InChI=1S/C13H24N2O/c1-4-5-6-7-15-13(16)9-12(10-14)8-11(2)3/h1,11-12H,5-10,14H2,2-3H3,(H,15,16)/t12-/m0/s1. The maximum absolute atomic E-state index is 11.5. The minimum atomic E-state index is 0.0909. The summed E-state index contributed by atoms with van der Waals surface area (Å²) in [7, 11) is 0. The van der Waals surface area contributed by atoms with E-state index in [4.69, 9.17) is 12.2 Å². The topological polar surface area (TPSA) is 55.1 Å². The van der Waals surface area contributed by atoms with Crippen LogP contribution in [-0.2, 0) is 4.79 Å². The fraction of sp³-hybridized carbons (Fsp3) is 0.769. The Bertz CT molecular complexity index is 231. The van der Waals surface area contributed by atoms with E-state index in [1.54, 1.807) is 0 Å². The van der Waals surface area contributed by atoms with Crippen molar-refractivity contribution < 1.29 is 4.79 Å². The predicted molar refractivity (Wildman–Crippen MR) is 67.7 cm³/mol. The van der Waals surface area contributed by atoms with Crippen LogP contribution in [0.25, 0.3) is 0 Å². The Balaban J connectivity index is 3.71. The summed E-state index contributed by atoms with van der Waals surface area (Å²) in [6.07, 6.45) is 8.23. The summed E-state index contributed by atoms with van der Waals surface area (Å²) in [5, 5.41) is 2.87. The lowest BCUT2D eigenvalue weighted by atomic mass is 9.94. The molecule has 0 heterocycles. The quantitative estimate of drug-likeness (QED) is 0.485. The molecule has 1 atom stereocenters. The summed E-state index contributed by atoms with van der Waals surface area (Å²) in [6.45, 7) is 5.54. The van der Waals surface area contributed by atoms with Gasteiger partial charge in [0, 0.05) is 19.4 Å². The van der Waals surface area contributed by atoms with E-state index in [-0.39, 0.29) is 5.91 Å². The Hall–Kier alpha value is -1.01. The Labute approximate surface area is 99.2 Å². The van der Waals surface area contributed by atoms with Gasteiger partial charge in [-0.15, -0.1) is 12.3 Å². The first-order chi connectivity index (χ1) is 7.60. The molecule has 3 heteroatoms. The molecule has 0 saturated heterocycles.